The molecule has 1 amide bonds. The van der Waals surface area contributed by atoms with Crippen molar-refractivity contribution in [2.75, 3.05) is 19.7 Å². The Morgan fingerprint density at radius 3 is 2.30 bits per heavy atom. The lowest BCUT2D eigenvalue weighted by molar-refractivity contribution is -0.901. The third-order valence-electron chi connectivity index (χ3n) is 5.68. The van der Waals surface area contributed by atoms with Crippen LogP contribution in [-0.4, -0.2) is 25.6 Å². The highest BCUT2D eigenvalue weighted by Crippen LogP contribution is 2.29. The van der Waals surface area contributed by atoms with Crippen LogP contribution < -0.4 is 15.0 Å². The van der Waals surface area contributed by atoms with Gasteiger partial charge in [0.25, 0.3) is 5.91 Å². The first-order valence-corrected chi connectivity index (χ1v) is 10.7. The molecule has 1 aliphatic rings. The molecule has 3 aromatic rings. The summed E-state index contributed by atoms with van der Waals surface area (Å²) >= 11 is 0. The van der Waals surface area contributed by atoms with Crippen LogP contribution in [0.3, 0.4) is 0 Å². The molecule has 4 nitrogen and oxygen atoms in total. The minimum atomic E-state index is -0.110. The number of nitrogens with one attached hydrogen (secondary N) is 2. The van der Waals surface area contributed by atoms with Gasteiger partial charge in [0.2, 0.25) is 0 Å². The lowest BCUT2D eigenvalue weighted by Crippen LogP contribution is -3.08. The second-order valence-electron chi connectivity index (χ2n) is 7.83. The predicted molar refractivity (Wildman–Crippen MR) is 119 cm³/mol. The summed E-state index contributed by atoms with van der Waals surface area (Å²) in [6.07, 6.45) is 2.63. The van der Waals surface area contributed by atoms with Gasteiger partial charge >= 0.3 is 0 Å². The molecule has 1 saturated heterocycles. The van der Waals surface area contributed by atoms with Gasteiger partial charge in [0.15, 0.2) is 6.61 Å². The van der Waals surface area contributed by atoms with E-state index in [4.69, 9.17) is 4.74 Å². The summed E-state index contributed by atoms with van der Waals surface area (Å²) < 4.78 is 5.86. The van der Waals surface area contributed by atoms with Crippen LogP contribution in [0.5, 0.6) is 5.75 Å². The minimum Gasteiger partial charge on any atom is -0.483 e. The second kappa shape index (κ2) is 10.1. The number of likely N-dealkylation sites (tertiary alicyclic amines) is 1. The van der Waals surface area contributed by atoms with Crippen molar-refractivity contribution in [3.05, 3.63) is 90.0 Å². The lowest BCUT2D eigenvalue weighted by atomic mass is 10.1. The Bertz CT molecular complexity index is 966. The molecule has 0 spiro atoms. The highest BCUT2D eigenvalue weighted by atomic mass is 16.5. The highest BCUT2D eigenvalue weighted by molar-refractivity contribution is 5.78. The largest absolute Gasteiger partial charge is 0.483 e. The van der Waals surface area contributed by atoms with E-state index >= 15 is 0 Å². The van der Waals surface area contributed by atoms with E-state index < -0.39 is 0 Å². The van der Waals surface area contributed by atoms with Crippen molar-refractivity contribution in [3.8, 4) is 16.9 Å². The van der Waals surface area contributed by atoms with Gasteiger partial charge in [-0.1, -0.05) is 72.8 Å². The summed E-state index contributed by atoms with van der Waals surface area (Å²) in [5.74, 6) is 0.609. The van der Waals surface area contributed by atoms with Crippen molar-refractivity contribution in [2.45, 2.75) is 25.9 Å². The third kappa shape index (κ3) is 5.28. The zero-order valence-corrected chi connectivity index (χ0v) is 17.3. The summed E-state index contributed by atoms with van der Waals surface area (Å²) in [5, 5.41) is 3.02. The molecule has 1 heterocycles. The van der Waals surface area contributed by atoms with Gasteiger partial charge in [0, 0.05) is 30.5 Å². The van der Waals surface area contributed by atoms with Crippen molar-refractivity contribution < 1.29 is 14.4 Å². The molecule has 30 heavy (non-hydrogen) atoms. The Kier molecular flexibility index (Phi) is 6.78. The summed E-state index contributed by atoms with van der Waals surface area (Å²) in [6.45, 7) is 4.06. The first-order chi connectivity index (χ1) is 14.8. The average molecular weight is 402 g/mol. The number of quaternary nitrogens is 1. The molecule has 0 aromatic heterocycles. The van der Waals surface area contributed by atoms with Crippen LogP contribution in [0.2, 0.25) is 0 Å². The monoisotopic (exact) mass is 401 g/mol. The number of carbonyl (C=O) groups is 1. The van der Waals surface area contributed by atoms with Crippen molar-refractivity contribution in [2.24, 2.45) is 0 Å². The van der Waals surface area contributed by atoms with Gasteiger partial charge < -0.3 is 15.0 Å². The Labute approximate surface area is 178 Å². The zero-order valence-electron chi connectivity index (χ0n) is 17.3. The normalized spacial score (nSPS) is 13.9. The maximum Gasteiger partial charge on any atom is 0.258 e. The molecule has 0 radical (unpaired) electrons. The van der Waals surface area contributed by atoms with E-state index in [1.54, 1.807) is 4.90 Å². The Hall–Kier alpha value is -3.11. The fourth-order valence-corrected chi connectivity index (χ4v) is 4.06. The smallest absolute Gasteiger partial charge is 0.258 e. The van der Waals surface area contributed by atoms with E-state index in [9.17, 15) is 4.79 Å². The van der Waals surface area contributed by atoms with Gasteiger partial charge in [-0.05, 0) is 17.2 Å². The average Bonchev–Trinajstić information content (AvgIpc) is 3.31. The van der Waals surface area contributed by atoms with Crippen molar-refractivity contribution in [1.82, 2.24) is 5.32 Å². The molecule has 4 heteroatoms. The number of rotatable bonds is 8. The van der Waals surface area contributed by atoms with Crippen LogP contribution in [0.25, 0.3) is 11.1 Å². The first-order valence-electron chi connectivity index (χ1n) is 10.7. The maximum atomic E-state index is 12.5. The Morgan fingerprint density at radius 1 is 0.833 bits per heavy atom. The number of carbonyl (C=O) groups excluding carboxylic acids is 1. The fourth-order valence-electron chi connectivity index (χ4n) is 4.06. The number of hydrogen-bond acceptors (Lipinski definition) is 2. The minimum absolute atomic E-state index is 0.00336. The van der Waals surface area contributed by atoms with E-state index in [0.717, 1.165) is 23.4 Å². The standard InChI is InChI=1S/C26H28N2O2/c29-26(20-30-25-15-7-6-14-24(25)21-10-2-1-3-11-21)27-18-22-12-4-5-13-23(22)19-28-16-8-9-17-28/h1-7,10-15H,8-9,16-20H2,(H,27,29)/p+1. The number of benzene rings is 3. The molecule has 1 fully saturated rings. The van der Waals surface area contributed by atoms with Crippen LogP contribution in [0.15, 0.2) is 78.9 Å². The number of hydrogen-bond donors (Lipinski definition) is 2. The van der Waals surface area contributed by atoms with Crippen LogP contribution in [0.1, 0.15) is 24.0 Å². The van der Waals surface area contributed by atoms with Crippen LogP contribution in [0, 0.1) is 0 Å². The summed E-state index contributed by atoms with van der Waals surface area (Å²) in [6, 6.07) is 26.3. The zero-order chi connectivity index (χ0) is 20.6. The highest BCUT2D eigenvalue weighted by Gasteiger charge is 2.17. The van der Waals surface area contributed by atoms with E-state index in [1.165, 1.54) is 37.1 Å². The van der Waals surface area contributed by atoms with Gasteiger partial charge in [0.1, 0.15) is 12.3 Å². The molecule has 0 aliphatic carbocycles. The molecule has 154 valence electrons. The molecule has 0 bridgehead atoms. The van der Waals surface area contributed by atoms with Crippen LogP contribution >= 0.6 is 0 Å². The van der Waals surface area contributed by atoms with Gasteiger partial charge in [-0.25, -0.2) is 0 Å². The second-order valence-corrected chi connectivity index (χ2v) is 7.83. The maximum absolute atomic E-state index is 12.5. The molecule has 0 unspecified atom stereocenters. The molecule has 3 aromatic carbocycles. The van der Waals surface area contributed by atoms with E-state index in [2.05, 4.69) is 23.5 Å². The van der Waals surface area contributed by atoms with Crippen molar-refractivity contribution >= 4 is 5.91 Å². The van der Waals surface area contributed by atoms with Crippen LogP contribution in [0.4, 0.5) is 0 Å². The molecule has 4 rings (SSSR count). The quantitative estimate of drug-likeness (QED) is 0.609. The van der Waals surface area contributed by atoms with Crippen molar-refractivity contribution in [1.29, 1.82) is 0 Å². The first kappa shape index (κ1) is 20.2. The van der Waals surface area contributed by atoms with Crippen LogP contribution in [-0.2, 0) is 17.9 Å². The summed E-state index contributed by atoms with van der Waals surface area (Å²) in [4.78, 5) is 14.1. The van der Waals surface area contributed by atoms with E-state index in [1.807, 2.05) is 60.7 Å². The molecular weight excluding hydrogens is 372 g/mol. The molecule has 1 aliphatic heterocycles. The molecular formula is C26H29N2O2+. The molecule has 0 atom stereocenters. The van der Waals surface area contributed by atoms with E-state index in [0.29, 0.717) is 6.54 Å². The van der Waals surface area contributed by atoms with Gasteiger partial charge in [0.05, 0.1) is 13.1 Å². The number of ether oxygens (including phenoxy) is 1. The summed E-state index contributed by atoms with van der Waals surface area (Å²) in [5.41, 5.74) is 4.58. The predicted octanol–water partition coefficient (Wildman–Crippen LogP) is 3.23. The van der Waals surface area contributed by atoms with Crippen molar-refractivity contribution in [3.63, 3.8) is 0 Å². The number of amides is 1. The topological polar surface area (TPSA) is 42.8 Å². The van der Waals surface area contributed by atoms with Gasteiger partial charge in [-0.15, -0.1) is 0 Å². The van der Waals surface area contributed by atoms with E-state index in [-0.39, 0.29) is 12.5 Å². The van der Waals surface area contributed by atoms with Gasteiger partial charge in [-0.2, -0.15) is 0 Å². The molecule has 2 N–H and O–H groups in total. The Balaban J connectivity index is 1.34. The number of para-hydroxylation sites is 1. The SMILES string of the molecule is O=C(COc1ccccc1-c1ccccc1)NCc1ccccc1C[NH+]1CCCC1. The van der Waals surface area contributed by atoms with Gasteiger partial charge in [-0.3, -0.25) is 4.79 Å². The molecule has 0 saturated carbocycles. The Morgan fingerprint density at radius 2 is 1.50 bits per heavy atom. The third-order valence-corrected chi connectivity index (χ3v) is 5.68. The fraction of sp³-hybridized carbons (Fsp3) is 0.269. The lowest BCUT2D eigenvalue weighted by Gasteiger charge is -2.16. The summed E-state index contributed by atoms with van der Waals surface area (Å²) in [7, 11) is 0.